The van der Waals surface area contributed by atoms with Crippen molar-refractivity contribution in [2.24, 2.45) is 5.73 Å². The Morgan fingerprint density at radius 1 is 0.872 bits per heavy atom. The summed E-state index contributed by atoms with van der Waals surface area (Å²) in [5.41, 5.74) is 12.8. The number of halogens is 2. The summed E-state index contributed by atoms with van der Waals surface area (Å²) < 4.78 is 6.36. The van der Waals surface area contributed by atoms with Crippen LogP contribution in [0.15, 0.2) is 115 Å². The van der Waals surface area contributed by atoms with Crippen molar-refractivity contribution in [2.75, 3.05) is 0 Å². The fraction of sp³-hybridized carbons (Fsp3) is 0.179. The number of fused-ring (bicyclic) bond motifs is 1. The minimum atomic E-state index is -0.531. The highest BCUT2D eigenvalue weighted by atomic mass is 35.5. The first-order valence-corrected chi connectivity index (χ1v) is 16.0. The molecule has 8 heteroatoms. The summed E-state index contributed by atoms with van der Waals surface area (Å²) in [6.45, 7) is 2.32. The Morgan fingerprint density at radius 2 is 1.66 bits per heavy atom. The molecule has 0 spiro atoms. The first-order chi connectivity index (χ1) is 22.4. The Kier molecular flexibility index (Phi) is 11.1. The van der Waals surface area contributed by atoms with Gasteiger partial charge in [-0.2, -0.15) is 0 Å². The number of hydrogen-bond acceptors (Lipinski definition) is 5. The monoisotopic (exact) mass is 665 g/mol. The van der Waals surface area contributed by atoms with Crippen molar-refractivity contribution in [2.45, 2.75) is 44.8 Å². The molecule has 0 aromatic heterocycles. The molecule has 6 rings (SSSR count). The molecule has 47 heavy (non-hydrogen) atoms. The lowest BCUT2D eigenvalue weighted by Crippen LogP contribution is -2.47. The van der Waals surface area contributed by atoms with Crippen LogP contribution in [-0.2, 0) is 17.8 Å². The summed E-state index contributed by atoms with van der Waals surface area (Å²) >= 11 is 6.45. The van der Waals surface area contributed by atoms with Gasteiger partial charge in [0.2, 0.25) is 5.91 Å². The number of nitrogens with one attached hydrogen (secondary N) is 2. The molecule has 1 unspecified atom stereocenters. The van der Waals surface area contributed by atoms with Crippen molar-refractivity contribution in [1.29, 1.82) is 0 Å². The first-order valence-electron chi connectivity index (χ1n) is 15.6. The molecule has 0 saturated carbocycles. The number of benzene rings is 5. The van der Waals surface area contributed by atoms with E-state index >= 15 is 0 Å². The van der Waals surface area contributed by atoms with Gasteiger partial charge in [-0.25, -0.2) is 0 Å². The van der Waals surface area contributed by atoms with Gasteiger partial charge < -0.3 is 10.5 Å². The quantitative estimate of drug-likeness (QED) is 0.139. The topological polar surface area (TPSA) is 93.5 Å². The molecule has 1 aliphatic rings. The number of aryl methyl sites for hydroxylation is 1. The molecule has 0 bridgehead atoms. The summed E-state index contributed by atoms with van der Waals surface area (Å²) in [5, 5.41) is 6.67. The third-order valence-electron chi connectivity index (χ3n) is 8.46. The van der Waals surface area contributed by atoms with E-state index in [4.69, 9.17) is 22.1 Å². The van der Waals surface area contributed by atoms with E-state index in [2.05, 4.69) is 22.8 Å². The fourth-order valence-electron chi connectivity index (χ4n) is 6.06. The van der Waals surface area contributed by atoms with Crippen LogP contribution in [-0.4, -0.2) is 17.9 Å². The molecule has 0 heterocycles. The summed E-state index contributed by atoms with van der Waals surface area (Å²) in [6.07, 6.45) is 2.41. The number of rotatable bonds is 10. The molecule has 2 amide bonds. The number of imide groups is 1. The summed E-state index contributed by atoms with van der Waals surface area (Å²) in [5.74, 6) is 0.219. The van der Waals surface area contributed by atoms with Crippen LogP contribution in [0.4, 0.5) is 0 Å². The van der Waals surface area contributed by atoms with Gasteiger partial charge in [0.05, 0.1) is 6.04 Å². The molecule has 0 saturated heterocycles. The second kappa shape index (κ2) is 15.4. The van der Waals surface area contributed by atoms with E-state index in [0.29, 0.717) is 46.2 Å². The van der Waals surface area contributed by atoms with E-state index < -0.39 is 11.9 Å². The Bertz CT molecular complexity index is 1880. The van der Waals surface area contributed by atoms with Gasteiger partial charge in [-0.1, -0.05) is 91.3 Å². The molecule has 6 nitrogen and oxygen atoms in total. The minimum Gasteiger partial charge on any atom is -0.457 e. The van der Waals surface area contributed by atoms with Crippen LogP contribution in [0.2, 0.25) is 5.02 Å². The van der Waals surface area contributed by atoms with Gasteiger partial charge in [-0.05, 0) is 89.0 Å². The summed E-state index contributed by atoms with van der Waals surface area (Å²) in [7, 11) is 0. The molecule has 0 aliphatic heterocycles. The smallest absolute Gasteiger partial charge is 0.258 e. The third-order valence-corrected chi connectivity index (χ3v) is 8.70. The number of hydrogen-bond donors (Lipinski definition) is 3. The Morgan fingerprint density at radius 3 is 2.45 bits per heavy atom. The number of nitrogens with two attached hydrogens (primary N) is 1. The fourth-order valence-corrected chi connectivity index (χ4v) is 6.22. The normalized spacial score (nSPS) is 14.1. The zero-order valence-electron chi connectivity index (χ0n) is 26.0. The van der Waals surface area contributed by atoms with Crippen molar-refractivity contribution in [3.05, 3.63) is 143 Å². The number of carbonyl (C=O) groups is 2. The Labute approximate surface area is 286 Å². The van der Waals surface area contributed by atoms with Gasteiger partial charge in [0, 0.05) is 34.8 Å². The van der Waals surface area contributed by atoms with E-state index in [-0.39, 0.29) is 24.4 Å². The highest BCUT2D eigenvalue weighted by molar-refractivity contribution is 6.30. The lowest BCUT2D eigenvalue weighted by atomic mass is 9.93. The van der Waals surface area contributed by atoms with Crippen LogP contribution in [0.25, 0.3) is 22.3 Å². The molecule has 4 N–H and O–H groups in total. The zero-order chi connectivity index (χ0) is 32.0. The molecule has 240 valence electrons. The number of ether oxygens (including phenoxy) is 1. The molecular weight excluding hydrogens is 629 g/mol. The maximum absolute atomic E-state index is 13.9. The minimum absolute atomic E-state index is 0. The van der Waals surface area contributed by atoms with Crippen molar-refractivity contribution >= 4 is 35.8 Å². The standard InChI is InChI=1S/C39H36ClN3O3.ClH/c1-2-35(42-36-20-16-27-12-6-7-14-31(27)36)39(45)43-38(44)33-18-15-28(26-10-4-3-5-11-26)22-34(33)32-19-17-29(40)23-37(32)46-30-13-8-9-25(21-30)24-41;/h3-15,17-19,21-23,35-36,42H,2,16,20,24,41H2,1H3,(H,43,44,45);1H/t35?,36-;/m1./s1. The van der Waals surface area contributed by atoms with Gasteiger partial charge in [0.25, 0.3) is 5.91 Å². The van der Waals surface area contributed by atoms with Crippen molar-refractivity contribution < 1.29 is 14.3 Å². The number of amides is 2. The lowest BCUT2D eigenvalue weighted by molar-refractivity contribution is -0.122. The van der Waals surface area contributed by atoms with Gasteiger partial charge in [-0.3, -0.25) is 20.2 Å². The van der Waals surface area contributed by atoms with E-state index in [1.165, 1.54) is 11.1 Å². The molecule has 0 radical (unpaired) electrons. The molecular formula is C39H37Cl2N3O3. The SMILES string of the molecule is CCC(N[C@@H]1CCc2ccccc21)C(=O)NC(=O)c1ccc(-c2ccccc2)cc1-c1ccc(Cl)cc1Oc1cccc(CN)c1.Cl. The Hall–Kier alpha value is -4.46. The van der Waals surface area contributed by atoms with Crippen molar-refractivity contribution in [1.82, 2.24) is 10.6 Å². The predicted octanol–water partition coefficient (Wildman–Crippen LogP) is 8.66. The second-order valence-corrected chi connectivity index (χ2v) is 11.9. The maximum Gasteiger partial charge on any atom is 0.258 e. The molecule has 1 aliphatic carbocycles. The zero-order valence-corrected chi connectivity index (χ0v) is 27.6. The van der Waals surface area contributed by atoms with Gasteiger partial charge >= 0.3 is 0 Å². The Balaban J connectivity index is 0.00000433. The van der Waals surface area contributed by atoms with Crippen LogP contribution in [0.3, 0.4) is 0 Å². The molecule has 5 aromatic rings. The molecule has 2 atom stereocenters. The van der Waals surface area contributed by atoms with Crippen LogP contribution in [0.5, 0.6) is 11.5 Å². The van der Waals surface area contributed by atoms with Crippen LogP contribution in [0, 0.1) is 0 Å². The molecule has 0 fully saturated rings. The summed E-state index contributed by atoms with van der Waals surface area (Å²) in [4.78, 5) is 27.5. The maximum atomic E-state index is 13.9. The van der Waals surface area contributed by atoms with E-state index in [0.717, 1.165) is 29.5 Å². The van der Waals surface area contributed by atoms with E-state index in [9.17, 15) is 9.59 Å². The average molecular weight is 667 g/mol. The average Bonchev–Trinajstić information content (AvgIpc) is 3.50. The summed E-state index contributed by atoms with van der Waals surface area (Å²) in [6, 6.07) is 36.2. The van der Waals surface area contributed by atoms with Gasteiger partial charge in [-0.15, -0.1) is 12.4 Å². The molecule has 5 aromatic carbocycles. The van der Waals surface area contributed by atoms with Crippen LogP contribution in [0.1, 0.15) is 52.9 Å². The van der Waals surface area contributed by atoms with Crippen LogP contribution < -0.4 is 21.1 Å². The van der Waals surface area contributed by atoms with E-state index in [1.807, 2.05) is 91.9 Å². The van der Waals surface area contributed by atoms with Gasteiger partial charge in [0.15, 0.2) is 0 Å². The number of carbonyl (C=O) groups excluding carboxylic acids is 2. The lowest BCUT2D eigenvalue weighted by Gasteiger charge is -2.22. The van der Waals surface area contributed by atoms with Crippen molar-refractivity contribution in [3.63, 3.8) is 0 Å². The highest BCUT2D eigenvalue weighted by Gasteiger charge is 2.28. The van der Waals surface area contributed by atoms with Crippen LogP contribution >= 0.6 is 24.0 Å². The first kappa shape index (κ1) is 33.9. The van der Waals surface area contributed by atoms with Gasteiger partial charge in [0.1, 0.15) is 11.5 Å². The second-order valence-electron chi connectivity index (χ2n) is 11.5. The largest absolute Gasteiger partial charge is 0.457 e. The van der Waals surface area contributed by atoms with E-state index in [1.54, 1.807) is 18.2 Å². The van der Waals surface area contributed by atoms with Crippen molar-refractivity contribution in [3.8, 4) is 33.8 Å². The third kappa shape index (κ3) is 7.75. The predicted molar refractivity (Wildman–Crippen MR) is 191 cm³/mol. The highest BCUT2D eigenvalue weighted by Crippen LogP contribution is 2.39.